The minimum Gasteiger partial charge on any atom is -0.481 e. The van der Waals surface area contributed by atoms with Crippen molar-refractivity contribution in [2.75, 3.05) is 19.5 Å². The van der Waals surface area contributed by atoms with E-state index in [1.807, 2.05) is 25.1 Å². The minimum absolute atomic E-state index is 0.0295. The fourth-order valence-electron chi connectivity index (χ4n) is 12.3. The van der Waals surface area contributed by atoms with E-state index < -0.39 is 34.7 Å². The number of carbonyl (C=O) groups excluding carboxylic acids is 1. The van der Waals surface area contributed by atoms with E-state index in [2.05, 4.69) is 53.5 Å². The number of aliphatic hydroxyl groups is 1. The Kier molecular flexibility index (Phi) is 16.2. The Balaban J connectivity index is 0.941. The zero-order chi connectivity index (χ0) is 46.2. The summed E-state index contributed by atoms with van der Waals surface area (Å²) in [6, 6.07) is 5.80. The van der Waals surface area contributed by atoms with Gasteiger partial charge in [-0.05, 0) is 113 Å². The van der Waals surface area contributed by atoms with Crippen molar-refractivity contribution in [2.24, 2.45) is 41.4 Å². The van der Waals surface area contributed by atoms with Crippen LogP contribution in [0.4, 0.5) is 0 Å². The molecule has 7 rings (SSSR count). The van der Waals surface area contributed by atoms with Crippen molar-refractivity contribution in [2.45, 2.75) is 210 Å². The Hall–Kier alpha value is -1.53. The standard InChI is InChI=1S/C49H77NO12S2/c1-28-16-17-35(57-42(28)33(6)45(52)53)24-36-25-37(55-10)34(7)49(59-36)32(5)26-47(9,62-49)39-18-19-46(8,60-39)44-30(3)23-38(58-44)43-29(2)22-31(4)48(54,61-43)27-56-41(51)15-13-21-63-64-40-14-11-12-20-50-40/h11-12,14,20,28-39,42-44,54H,13,15-19,21-27H2,1-10H3,(H,52,53)/t28-,29-,30-,31+,32+,33+,34+,35+,36+,37+,38+,39?,42?,43+,44+,46-,47+,48-,49+/m0/s1. The molecule has 2 N–H and O–H groups in total. The van der Waals surface area contributed by atoms with Gasteiger partial charge in [0.2, 0.25) is 5.79 Å². The van der Waals surface area contributed by atoms with E-state index in [9.17, 15) is 19.8 Å². The third-order valence-electron chi connectivity index (χ3n) is 16.0. The molecule has 0 amide bonds. The maximum absolute atomic E-state index is 12.8. The molecule has 0 bridgehead atoms. The van der Waals surface area contributed by atoms with E-state index in [0.29, 0.717) is 25.7 Å². The molecule has 1 spiro atoms. The van der Waals surface area contributed by atoms with Crippen LogP contribution in [0.1, 0.15) is 133 Å². The zero-order valence-corrected chi connectivity index (χ0v) is 41.5. The maximum atomic E-state index is 12.8. The summed E-state index contributed by atoms with van der Waals surface area (Å²) in [6.07, 6.45) is 8.06. The summed E-state index contributed by atoms with van der Waals surface area (Å²) in [5.41, 5.74) is -1.18. The largest absolute Gasteiger partial charge is 0.481 e. The predicted octanol–water partition coefficient (Wildman–Crippen LogP) is 8.87. The van der Waals surface area contributed by atoms with Crippen molar-refractivity contribution in [3.63, 3.8) is 0 Å². The van der Waals surface area contributed by atoms with Gasteiger partial charge in [0.25, 0.3) is 0 Å². The number of nitrogens with zero attached hydrogens (tertiary/aromatic N) is 1. The number of ether oxygens (including phenoxy) is 8. The molecule has 64 heavy (non-hydrogen) atoms. The number of methoxy groups -OCH3 is 1. The van der Waals surface area contributed by atoms with Crippen molar-refractivity contribution < 1.29 is 57.7 Å². The summed E-state index contributed by atoms with van der Waals surface area (Å²) >= 11 is 0. The van der Waals surface area contributed by atoms with Gasteiger partial charge >= 0.3 is 11.9 Å². The van der Waals surface area contributed by atoms with Crippen molar-refractivity contribution >= 4 is 33.5 Å². The van der Waals surface area contributed by atoms with Crippen molar-refractivity contribution in [1.29, 1.82) is 0 Å². The number of hydrogen-bond acceptors (Lipinski definition) is 14. The van der Waals surface area contributed by atoms with Gasteiger partial charge in [0, 0.05) is 56.1 Å². The number of hydrogen-bond donors (Lipinski definition) is 2. The van der Waals surface area contributed by atoms with E-state index in [4.69, 9.17) is 37.9 Å². The SMILES string of the molecule is CO[C@@H]1C[C@@H](C[C@H]2CC[C@H](C)C([C@@H](C)C(=O)O)O2)O[C@]2(O[C@@](C)(C3CC[C@@](C)([C@@H]4O[C@@H]([C@@H]5O[C@@](O)(COC(=O)CCCSSc6ccccn6)[C@H](C)C[C@@H]5C)C[C@@H]4C)O3)C[C@H]2C)[C@@H]1C. The summed E-state index contributed by atoms with van der Waals surface area (Å²) in [4.78, 5) is 29.0. The molecule has 19 atom stereocenters. The van der Waals surface area contributed by atoms with Crippen LogP contribution in [0.15, 0.2) is 29.4 Å². The Bertz CT molecular complexity index is 1730. The van der Waals surface area contributed by atoms with Crippen LogP contribution >= 0.6 is 21.6 Å². The monoisotopic (exact) mass is 935 g/mol. The first-order chi connectivity index (χ1) is 30.3. The second kappa shape index (κ2) is 20.6. The van der Waals surface area contributed by atoms with E-state index in [1.54, 1.807) is 41.8 Å². The molecule has 362 valence electrons. The van der Waals surface area contributed by atoms with E-state index >= 15 is 0 Å². The fraction of sp³-hybridized carbons (Fsp3) is 0.857. The average Bonchev–Trinajstić information content (AvgIpc) is 3.94. The van der Waals surface area contributed by atoms with E-state index in [1.165, 1.54) is 0 Å². The van der Waals surface area contributed by atoms with Crippen molar-refractivity contribution in [1.82, 2.24) is 4.98 Å². The molecule has 7 heterocycles. The molecule has 6 saturated heterocycles. The number of esters is 1. The van der Waals surface area contributed by atoms with Gasteiger partial charge in [0.05, 0.1) is 66.0 Å². The number of carbonyl (C=O) groups is 2. The van der Waals surface area contributed by atoms with Crippen LogP contribution < -0.4 is 0 Å². The quantitative estimate of drug-likeness (QED) is 0.0918. The third kappa shape index (κ3) is 10.7. The summed E-state index contributed by atoms with van der Waals surface area (Å²) < 4.78 is 53.4. The highest BCUT2D eigenvalue weighted by atomic mass is 33.1. The van der Waals surface area contributed by atoms with Gasteiger partial charge in [-0.3, -0.25) is 9.59 Å². The Morgan fingerprint density at radius 3 is 2.42 bits per heavy atom. The van der Waals surface area contributed by atoms with Gasteiger partial charge in [-0.25, -0.2) is 4.98 Å². The second-order valence-electron chi connectivity index (χ2n) is 21.1. The summed E-state index contributed by atoms with van der Waals surface area (Å²) in [6.45, 7) is 18.7. The molecule has 15 heteroatoms. The lowest BCUT2D eigenvalue weighted by molar-refractivity contribution is -0.353. The lowest BCUT2D eigenvalue weighted by Gasteiger charge is -2.50. The predicted molar refractivity (Wildman–Crippen MR) is 244 cm³/mol. The Morgan fingerprint density at radius 2 is 1.70 bits per heavy atom. The smallest absolute Gasteiger partial charge is 0.308 e. The molecule has 6 aliphatic heterocycles. The van der Waals surface area contributed by atoms with Crippen LogP contribution in [0.25, 0.3) is 0 Å². The van der Waals surface area contributed by atoms with Crippen LogP contribution in [-0.4, -0.2) is 118 Å². The molecule has 1 aromatic rings. The lowest BCUT2D eigenvalue weighted by atomic mass is 9.78. The van der Waals surface area contributed by atoms with Gasteiger partial charge in [-0.2, -0.15) is 0 Å². The van der Waals surface area contributed by atoms with Crippen LogP contribution in [0.2, 0.25) is 0 Å². The molecule has 0 aromatic carbocycles. The highest BCUT2D eigenvalue weighted by Gasteiger charge is 2.65. The molecular formula is C49H77NO12S2. The van der Waals surface area contributed by atoms with Crippen molar-refractivity contribution in [3.8, 4) is 0 Å². The summed E-state index contributed by atoms with van der Waals surface area (Å²) in [5, 5.41) is 22.5. The Morgan fingerprint density at radius 1 is 0.922 bits per heavy atom. The van der Waals surface area contributed by atoms with E-state index in [0.717, 1.165) is 49.3 Å². The first-order valence-corrected chi connectivity index (χ1v) is 26.5. The third-order valence-corrected chi connectivity index (χ3v) is 18.4. The van der Waals surface area contributed by atoms with Crippen LogP contribution in [0.5, 0.6) is 0 Å². The van der Waals surface area contributed by atoms with Crippen LogP contribution in [0, 0.1) is 41.4 Å². The number of aliphatic carboxylic acids is 1. The van der Waals surface area contributed by atoms with Gasteiger partial charge in [-0.15, -0.1) is 0 Å². The molecule has 0 saturated carbocycles. The highest BCUT2D eigenvalue weighted by Crippen LogP contribution is 2.57. The number of rotatable bonds is 16. The molecule has 2 unspecified atom stereocenters. The first kappa shape index (κ1) is 50.3. The second-order valence-corrected chi connectivity index (χ2v) is 23.5. The highest BCUT2D eigenvalue weighted by molar-refractivity contribution is 8.76. The zero-order valence-electron chi connectivity index (χ0n) is 39.9. The molecule has 0 aliphatic carbocycles. The van der Waals surface area contributed by atoms with Gasteiger partial charge in [0.15, 0.2) is 5.79 Å². The molecular weight excluding hydrogens is 859 g/mol. The molecule has 6 fully saturated rings. The molecule has 1 aromatic heterocycles. The normalized spacial score (nSPS) is 45.4. The maximum Gasteiger partial charge on any atom is 0.308 e. The summed E-state index contributed by atoms with van der Waals surface area (Å²) in [5.74, 6) is -3.17. The van der Waals surface area contributed by atoms with Crippen LogP contribution in [0.3, 0.4) is 0 Å². The van der Waals surface area contributed by atoms with Crippen LogP contribution in [-0.2, 0) is 47.5 Å². The van der Waals surface area contributed by atoms with Gasteiger partial charge in [0.1, 0.15) is 11.6 Å². The molecule has 0 radical (unpaired) electrons. The van der Waals surface area contributed by atoms with E-state index in [-0.39, 0.29) is 103 Å². The number of carboxylic acid groups (broad SMARTS) is 1. The number of pyridine rings is 1. The first-order valence-electron chi connectivity index (χ1n) is 24.2. The Labute approximate surface area is 389 Å². The minimum atomic E-state index is -1.61. The number of carboxylic acids is 1. The topological polar surface area (TPSA) is 161 Å². The van der Waals surface area contributed by atoms with Gasteiger partial charge < -0.3 is 48.1 Å². The fourth-order valence-corrected chi connectivity index (χ4v) is 14.3. The molecule has 13 nitrogen and oxygen atoms in total. The van der Waals surface area contributed by atoms with Gasteiger partial charge in [-0.1, -0.05) is 58.4 Å². The average molecular weight is 936 g/mol. The lowest BCUT2D eigenvalue weighted by Crippen LogP contribution is -2.58. The summed E-state index contributed by atoms with van der Waals surface area (Å²) in [7, 11) is 5.01. The molecule has 6 aliphatic rings. The number of aromatic nitrogens is 1. The van der Waals surface area contributed by atoms with Crippen molar-refractivity contribution in [3.05, 3.63) is 24.4 Å².